The Kier molecular flexibility index (Phi) is 10.9. The summed E-state index contributed by atoms with van der Waals surface area (Å²) in [5, 5.41) is 5.50. The van der Waals surface area contributed by atoms with Crippen LogP contribution >= 0.6 is 0 Å². The van der Waals surface area contributed by atoms with E-state index in [-0.39, 0.29) is 30.1 Å². The van der Waals surface area contributed by atoms with Gasteiger partial charge in [0.1, 0.15) is 12.2 Å². The Hall–Kier alpha value is -2.06. The molecule has 0 fully saturated rings. The normalized spacial score (nSPS) is 14.2. The van der Waals surface area contributed by atoms with Gasteiger partial charge < -0.3 is 24.9 Å². The maximum Gasteiger partial charge on any atom is 0.407 e. The van der Waals surface area contributed by atoms with E-state index in [0.717, 1.165) is 24.8 Å². The highest BCUT2D eigenvalue weighted by Crippen LogP contribution is 2.43. The molecule has 8 heteroatoms. The molecule has 0 spiro atoms. The summed E-state index contributed by atoms with van der Waals surface area (Å²) in [5.74, 6) is 0.0471. The summed E-state index contributed by atoms with van der Waals surface area (Å²) >= 11 is 0. The summed E-state index contributed by atoms with van der Waals surface area (Å²) in [6.07, 6.45) is 1.42. The number of ether oxygens (including phenoxy) is 2. The molecular formula is C25H44N2O5Si. The lowest BCUT2D eigenvalue weighted by Gasteiger charge is -2.40. The van der Waals surface area contributed by atoms with Crippen molar-refractivity contribution in [2.45, 2.75) is 97.2 Å². The maximum absolute atomic E-state index is 12.6. The van der Waals surface area contributed by atoms with E-state index < -0.39 is 26.1 Å². The summed E-state index contributed by atoms with van der Waals surface area (Å²) in [5.41, 5.74) is 0.271. The van der Waals surface area contributed by atoms with Crippen LogP contribution in [0.4, 0.5) is 9.59 Å². The molecule has 3 N–H and O–H groups in total. The van der Waals surface area contributed by atoms with Gasteiger partial charge >= 0.3 is 12.2 Å². The van der Waals surface area contributed by atoms with Crippen LogP contribution in [0.15, 0.2) is 30.3 Å². The zero-order valence-electron chi connectivity index (χ0n) is 21.7. The standard InChI is InChI=1S/C25H44N2O5Si/c1-9-13-20(16-25(5,6)33(7,8)30)21(27-23(29)32-24(2,3)4)17-26-22(28)31-18-19-14-11-10-12-15-19/h10-12,14-15,20-21,30H,9,13,16-18H2,1-8H3,(H,26,28)(H,27,29)/t20-,21+/m1/s1. The van der Waals surface area contributed by atoms with Gasteiger partial charge in [0, 0.05) is 6.54 Å². The van der Waals surface area contributed by atoms with E-state index in [1.54, 1.807) is 0 Å². The van der Waals surface area contributed by atoms with Crippen molar-refractivity contribution in [2.24, 2.45) is 5.92 Å². The molecule has 7 nitrogen and oxygen atoms in total. The predicted octanol–water partition coefficient (Wildman–Crippen LogP) is 5.59. The quantitative estimate of drug-likeness (QED) is 0.359. The molecule has 0 unspecified atom stereocenters. The van der Waals surface area contributed by atoms with Gasteiger partial charge in [-0.25, -0.2) is 9.59 Å². The van der Waals surface area contributed by atoms with Crippen molar-refractivity contribution in [3.63, 3.8) is 0 Å². The van der Waals surface area contributed by atoms with Crippen molar-refractivity contribution in [3.8, 4) is 0 Å². The molecule has 0 aromatic heterocycles. The number of hydrogen-bond acceptors (Lipinski definition) is 5. The number of benzene rings is 1. The van der Waals surface area contributed by atoms with Gasteiger partial charge in [-0.05, 0) is 63.2 Å². The fourth-order valence-corrected chi connectivity index (χ4v) is 4.25. The van der Waals surface area contributed by atoms with Crippen molar-refractivity contribution in [2.75, 3.05) is 6.54 Å². The van der Waals surface area contributed by atoms with Crippen LogP contribution < -0.4 is 10.6 Å². The van der Waals surface area contributed by atoms with Crippen LogP contribution in [0.1, 0.15) is 66.4 Å². The van der Waals surface area contributed by atoms with Crippen LogP contribution in [0.2, 0.25) is 18.1 Å². The number of carbonyl (C=O) groups is 2. The average molecular weight is 481 g/mol. The van der Waals surface area contributed by atoms with E-state index in [1.165, 1.54) is 0 Å². The first kappa shape index (κ1) is 29.0. The summed E-state index contributed by atoms with van der Waals surface area (Å²) in [6.45, 7) is 15.9. The number of nitrogens with one attached hydrogen (secondary N) is 2. The first-order valence-electron chi connectivity index (χ1n) is 11.8. The van der Waals surface area contributed by atoms with Crippen LogP contribution in [0.5, 0.6) is 0 Å². The van der Waals surface area contributed by atoms with Gasteiger partial charge in [-0.15, -0.1) is 0 Å². The second-order valence-corrected chi connectivity index (χ2v) is 15.4. The Morgan fingerprint density at radius 1 is 1.06 bits per heavy atom. The summed E-state index contributed by atoms with van der Waals surface area (Å²) in [6, 6.07) is 9.10. The van der Waals surface area contributed by atoms with E-state index >= 15 is 0 Å². The van der Waals surface area contributed by atoms with Gasteiger partial charge in [0.25, 0.3) is 0 Å². The van der Waals surface area contributed by atoms with Gasteiger partial charge in [0.15, 0.2) is 8.32 Å². The molecule has 188 valence electrons. The molecule has 1 aromatic rings. The van der Waals surface area contributed by atoms with Gasteiger partial charge in [0.2, 0.25) is 0 Å². The molecule has 0 aliphatic rings. The highest BCUT2D eigenvalue weighted by atomic mass is 28.4. The first-order valence-corrected chi connectivity index (χ1v) is 14.8. The molecule has 0 bridgehead atoms. The van der Waals surface area contributed by atoms with Crippen LogP contribution in [0.3, 0.4) is 0 Å². The Balaban J connectivity index is 2.92. The minimum absolute atomic E-state index is 0.0471. The molecule has 0 saturated carbocycles. The largest absolute Gasteiger partial charge is 0.445 e. The Morgan fingerprint density at radius 2 is 1.67 bits per heavy atom. The molecule has 0 heterocycles. The van der Waals surface area contributed by atoms with Gasteiger partial charge in [0.05, 0.1) is 6.04 Å². The summed E-state index contributed by atoms with van der Waals surface area (Å²) in [7, 11) is -2.45. The van der Waals surface area contributed by atoms with Gasteiger partial charge in [-0.2, -0.15) is 0 Å². The van der Waals surface area contributed by atoms with E-state index in [0.29, 0.717) is 0 Å². The molecule has 1 rings (SSSR count). The first-order chi connectivity index (χ1) is 15.1. The van der Waals surface area contributed by atoms with Crippen molar-refractivity contribution in [1.29, 1.82) is 0 Å². The second-order valence-electron chi connectivity index (χ2n) is 10.9. The van der Waals surface area contributed by atoms with E-state index in [9.17, 15) is 14.4 Å². The van der Waals surface area contributed by atoms with Gasteiger partial charge in [-0.3, -0.25) is 0 Å². The molecule has 0 saturated heterocycles. The fraction of sp³-hybridized carbons (Fsp3) is 0.680. The van der Waals surface area contributed by atoms with Crippen molar-refractivity contribution < 1.29 is 23.9 Å². The molecule has 0 radical (unpaired) electrons. The minimum atomic E-state index is -2.45. The molecule has 2 atom stereocenters. The highest BCUT2D eigenvalue weighted by molar-refractivity contribution is 6.72. The van der Waals surface area contributed by atoms with Crippen molar-refractivity contribution in [3.05, 3.63) is 35.9 Å². The lowest BCUT2D eigenvalue weighted by Crippen LogP contribution is -2.51. The number of carbonyl (C=O) groups excluding carboxylic acids is 2. The molecule has 0 aliphatic carbocycles. The summed E-state index contributed by atoms with van der Waals surface area (Å²) < 4.78 is 10.8. The number of amides is 2. The maximum atomic E-state index is 12.6. The third kappa shape index (κ3) is 11.1. The Bertz CT molecular complexity index is 741. The third-order valence-corrected chi connectivity index (χ3v) is 9.55. The number of hydrogen-bond donors (Lipinski definition) is 3. The molecule has 2 amide bonds. The van der Waals surface area contributed by atoms with E-state index in [2.05, 4.69) is 31.4 Å². The zero-order valence-corrected chi connectivity index (χ0v) is 22.7. The second kappa shape index (κ2) is 12.4. The predicted molar refractivity (Wildman–Crippen MR) is 135 cm³/mol. The van der Waals surface area contributed by atoms with Crippen LogP contribution in [0, 0.1) is 5.92 Å². The minimum Gasteiger partial charge on any atom is -0.445 e. The third-order valence-electron chi connectivity index (χ3n) is 6.04. The van der Waals surface area contributed by atoms with E-state index in [4.69, 9.17) is 9.47 Å². The molecule has 1 aromatic carbocycles. The molecular weight excluding hydrogens is 436 g/mol. The topological polar surface area (TPSA) is 96.9 Å². The van der Waals surface area contributed by atoms with Crippen LogP contribution in [-0.2, 0) is 16.1 Å². The SMILES string of the molecule is CCC[C@H](CC(C)(C)[Si](C)(C)O)[C@H](CNC(=O)OCc1ccccc1)NC(=O)OC(C)(C)C. The Labute approximate surface area is 200 Å². The van der Waals surface area contributed by atoms with Crippen molar-refractivity contribution in [1.82, 2.24) is 10.6 Å². The lowest BCUT2D eigenvalue weighted by atomic mass is 9.86. The molecule has 33 heavy (non-hydrogen) atoms. The van der Waals surface area contributed by atoms with Gasteiger partial charge in [-0.1, -0.05) is 57.5 Å². The number of rotatable bonds is 11. The highest BCUT2D eigenvalue weighted by Gasteiger charge is 2.41. The summed E-state index contributed by atoms with van der Waals surface area (Å²) in [4.78, 5) is 35.7. The number of alkyl carbamates (subject to hydrolysis) is 2. The Morgan fingerprint density at radius 3 is 2.18 bits per heavy atom. The molecule has 0 aliphatic heterocycles. The van der Waals surface area contributed by atoms with Crippen LogP contribution in [0.25, 0.3) is 0 Å². The zero-order chi connectivity index (χ0) is 25.3. The smallest absolute Gasteiger partial charge is 0.407 e. The fourth-order valence-electron chi connectivity index (χ4n) is 3.48. The average Bonchev–Trinajstić information content (AvgIpc) is 2.67. The van der Waals surface area contributed by atoms with E-state index in [1.807, 2.05) is 64.2 Å². The van der Waals surface area contributed by atoms with Crippen LogP contribution in [-0.4, -0.2) is 43.5 Å². The lowest BCUT2D eigenvalue weighted by molar-refractivity contribution is 0.0475. The monoisotopic (exact) mass is 480 g/mol. The van der Waals surface area contributed by atoms with Crippen molar-refractivity contribution >= 4 is 20.5 Å².